The van der Waals surface area contributed by atoms with E-state index in [4.69, 9.17) is 0 Å². The van der Waals surface area contributed by atoms with Crippen LogP contribution in [0.1, 0.15) is 32.6 Å². The van der Waals surface area contributed by atoms with Gasteiger partial charge in [0.05, 0.1) is 17.4 Å². The van der Waals surface area contributed by atoms with Crippen molar-refractivity contribution in [3.8, 4) is 0 Å². The molecular formula is C33H36FN5O. The molecule has 2 heterocycles. The number of nitrogens with one attached hydrogen (secondary N) is 1. The quantitative estimate of drug-likeness (QED) is 0.294. The van der Waals surface area contributed by atoms with Gasteiger partial charge in [-0.3, -0.25) is 14.8 Å². The maximum atomic E-state index is 14.3. The zero-order valence-corrected chi connectivity index (χ0v) is 23.0. The lowest BCUT2D eigenvalue weighted by molar-refractivity contribution is 0.0366. The van der Waals surface area contributed by atoms with Crippen LogP contribution in [-0.4, -0.2) is 47.8 Å². The maximum absolute atomic E-state index is 14.3. The molecule has 0 spiro atoms. The van der Waals surface area contributed by atoms with Crippen LogP contribution in [0.25, 0.3) is 10.9 Å². The van der Waals surface area contributed by atoms with E-state index in [9.17, 15) is 9.18 Å². The van der Waals surface area contributed by atoms with E-state index in [0.29, 0.717) is 11.6 Å². The summed E-state index contributed by atoms with van der Waals surface area (Å²) in [6.07, 6.45) is 5.67. The predicted molar refractivity (Wildman–Crippen MR) is 160 cm³/mol. The van der Waals surface area contributed by atoms with E-state index in [0.717, 1.165) is 74.1 Å². The third-order valence-electron chi connectivity index (χ3n) is 8.61. The number of anilines is 3. The number of fused-ring (bicyclic) bond motifs is 1. The van der Waals surface area contributed by atoms with Gasteiger partial charge in [0.25, 0.3) is 0 Å². The number of para-hydroxylation sites is 2. The van der Waals surface area contributed by atoms with Crippen LogP contribution in [0.3, 0.4) is 0 Å². The molecule has 2 amide bonds. The summed E-state index contributed by atoms with van der Waals surface area (Å²) >= 11 is 0. The molecule has 0 bridgehead atoms. The molecule has 0 unspecified atom stereocenters. The van der Waals surface area contributed by atoms with Gasteiger partial charge in [-0.25, -0.2) is 9.18 Å². The number of carbonyl (C=O) groups excluding carboxylic acids is 1. The van der Waals surface area contributed by atoms with Gasteiger partial charge in [0.2, 0.25) is 0 Å². The van der Waals surface area contributed by atoms with E-state index < -0.39 is 5.66 Å². The normalized spacial score (nSPS) is 21.8. The molecule has 2 fully saturated rings. The largest absolute Gasteiger partial charge is 0.369 e. The van der Waals surface area contributed by atoms with Crippen LogP contribution in [0.5, 0.6) is 0 Å². The van der Waals surface area contributed by atoms with E-state index in [1.807, 2.05) is 77.7 Å². The lowest BCUT2D eigenvalue weighted by Crippen LogP contribution is -2.68. The summed E-state index contributed by atoms with van der Waals surface area (Å²) in [4.78, 5) is 25.7. The molecule has 6 nitrogen and oxygen atoms in total. The number of carbonyl (C=O) groups is 1. The SMILES string of the molecule is CC1CCC(N2CCN(c3ccc(F)cc3)CC2)(N(C(=O)Nc2cnc3ccccc3c2)c2ccccc2)CC1. The number of rotatable bonds is 5. The molecule has 1 saturated heterocycles. The first kappa shape index (κ1) is 26.3. The van der Waals surface area contributed by atoms with Gasteiger partial charge in [-0.15, -0.1) is 0 Å². The molecule has 2 aliphatic rings. The van der Waals surface area contributed by atoms with Gasteiger partial charge in [0.15, 0.2) is 0 Å². The van der Waals surface area contributed by atoms with Crippen molar-refractivity contribution in [1.29, 1.82) is 0 Å². The fourth-order valence-electron chi connectivity index (χ4n) is 6.38. The Morgan fingerprint density at radius 2 is 1.60 bits per heavy atom. The van der Waals surface area contributed by atoms with E-state index >= 15 is 0 Å². The van der Waals surface area contributed by atoms with Gasteiger partial charge in [-0.05, 0) is 80.1 Å². The number of piperazine rings is 1. The van der Waals surface area contributed by atoms with Crippen LogP contribution < -0.4 is 15.1 Å². The van der Waals surface area contributed by atoms with E-state index in [2.05, 4.69) is 27.0 Å². The number of pyridine rings is 1. The molecular weight excluding hydrogens is 501 g/mol. The first-order valence-electron chi connectivity index (χ1n) is 14.3. The maximum Gasteiger partial charge on any atom is 0.327 e. The van der Waals surface area contributed by atoms with Crippen molar-refractivity contribution in [3.63, 3.8) is 0 Å². The Morgan fingerprint density at radius 1 is 0.925 bits per heavy atom. The predicted octanol–water partition coefficient (Wildman–Crippen LogP) is 7.14. The molecule has 1 saturated carbocycles. The zero-order valence-electron chi connectivity index (χ0n) is 23.0. The van der Waals surface area contributed by atoms with Crippen LogP contribution in [0, 0.1) is 11.7 Å². The van der Waals surface area contributed by atoms with Gasteiger partial charge in [-0.1, -0.05) is 43.3 Å². The number of aromatic nitrogens is 1. The molecule has 206 valence electrons. The fourth-order valence-corrected chi connectivity index (χ4v) is 6.38. The molecule has 40 heavy (non-hydrogen) atoms. The third kappa shape index (κ3) is 5.26. The fraction of sp³-hybridized carbons (Fsp3) is 0.333. The smallest absolute Gasteiger partial charge is 0.327 e. The number of urea groups is 1. The van der Waals surface area contributed by atoms with Gasteiger partial charge >= 0.3 is 6.03 Å². The number of hydrogen-bond donors (Lipinski definition) is 1. The summed E-state index contributed by atoms with van der Waals surface area (Å²) < 4.78 is 13.5. The number of benzene rings is 3. The van der Waals surface area contributed by atoms with Gasteiger partial charge in [0.1, 0.15) is 11.5 Å². The number of amides is 2. The van der Waals surface area contributed by atoms with Gasteiger partial charge in [-0.2, -0.15) is 0 Å². The lowest BCUT2D eigenvalue weighted by atomic mass is 9.80. The van der Waals surface area contributed by atoms with Crippen LogP contribution in [0.2, 0.25) is 0 Å². The van der Waals surface area contributed by atoms with Crippen molar-refractivity contribution in [2.75, 3.05) is 41.3 Å². The van der Waals surface area contributed by atoms with Crippen molar-refractivity contribution in [1.82, 2.24) is 9.88 Å². The Morgan fingerprint density at radius 3 is 2.33 bits per heavy atom. The molecule has 0 radical (unpaired) electrons. The van der Waals surface area contributed by atoms with Crippen LogP contribution >= 0.6 is 0 Å². The molecule has 3 aromatic carbocycles. The highest BCUT2D eigenvalue weighted by Crippen LogP contribution is 2.42. The Bertz CT molecular complexity index is 1440. The van der Waals surface area contributed by atoms with E-state index in [-0.39, 0.29) is 11.8 Å². The van der Waals surface area contributed by atoms with E-state index in [1.54, 1.807) is 6.20 Å². The molecule has 4 aromatic rings. The minimum Gasteiger partial charge on any atom is -0.369 e. The van der Waals surface area contributed by atoms with Crippen LogP contribution in [-0.2, 0) is 0 Å². The van der Waals surface area contributed by atoms with Crippen molar-refractivity contribution < 1.29 is 9.18 Å². The highest BCUT2D eigenvalue weighted by atomic mass is 19.1. The molecule has 1 aromatic heterocycles. The monoisotopic (exact) mass is 537 g/mol. The van der Waals surface area contributed by atoms with Crippen molar-refractivity contribution in [2.45, 2.75) is 38.3 Å². The number of nitrogens with zero attached hydrogens (tertiary/aromatic N) is 4. The van der Waals surface area contributed by atoms with Gasteiger partial charge < -0.3 is 10.2 Å². The summed E-state index contributed by atoms with van der Waals surface area (Å²) in [6, 6.07) is 26.6. The molecule has 1 N–H and O–H groups in total. The van der Waals surface area contributed by atoms with Crippen LogP contribution in [0.15, 0.2) is 91.1 Å². The number of halogens is 1. The number of hydrogen-bond acceptors (Lipinski definition) is 4. The van der Waals surface area contributed by atoms with Crippen molar-refractivity contribution >= 4 is 34.0 Å². The summed E-state index contributed by atoms with van der Waals surface area (Å²) in [6.45, 7) is 5.59. The average molecular weight is 538 g/mol. The standard InChI is InChI=1S/C33H36FN5O/c1-25-15-17-33(18-16-25,38-21-19-37(20-22-38)29-13-11-27(34)12-14-29)39(30-8-3-2-4-9-30)32(40)36-28-23-26-7-5-6-10-31(26)35-24-28/h2-14,23-25H,15-22H2,1H3,(H,36,40). The minimum atomic E-state index is -0.447. The molecule has 1 aliphatic carbocycles. The molecule has 1 aliphatic heterocycles. The minimum absolute atomic E-state index is 0.140. The topological polar surface area (TPSA) is 51.7 Å². The Hall–Kier alpha value is -3.97. The second-order valence-corrected chi connectivity index (χ2v) is 11.1. The Kier molecular flexibility index (Phi) is 7.39. The van der Waals surface area contributed by atoms with Crippen molar-refractivity contribution in [2.24, 2.45) is 5.92 Å². The molecule has 7 heteroatoms. The Labute approximate surface area is 235 Å². The Balaban J connectivity index is 1.32. The summed E-state index contributed by atoms with van der Waals surface area (Å²) in [5, 5.41) is 4.19. The molecule has 0 atom stereocenters. The second kappa shape index (κ2) is 11.3. The first-order valence-corrected chi connectivity index (χ1v) is 14.3. The third-order valence-corrected chi connectivity index (χ3v) is 8.61. The molecule has 6 rings (SSSR count). The highest BCUT2D eigenvalue weighted by Gasteiger charge is 2.48. The summed E-state index contributed by atoms with van der Waals surface area (Å²) in [5.74, 6) is 0.405. The second-order valence-electron chi connectivity index (χ2n) is 11.1. The lowest BCUT2D eigenvalue weighted by Gasteiger charge is -2.55. The van der Waals surface area contributed by atoms with Crippen LogP contribution in [0.4, 0.5) is 26.2 Å². The first-order chi connectivity index (χ1) is 19.5. The average Bonchev–Trinajstić information content (AvgIpc) is 2.99. The zero-order chi connectivity index (χ0) is 27.5. The summed E-state index contributed by atoms with van der Waals surface area (Å²) in [5.41, 5.74) is 3.07. The summed E-state index contributed by atoms with van der Waals surface area (Å²) in [7, 11) is 0. The highest BCUT2D eigenvalue weighted by molar-refractivity contribution is 6.03. The van der Waals surface area contributed by atoms with E-state index in [1.165, 1.54) is 12.1 Å². The van der Waals surface area contributed by atoms with Gasteiger partial charge in [0, 0.05) is 42.9 Å². The van der Waals surface area contributed by atoms with Crippen molar-refractivity contribution in [3.05, 3.63) is 96.9 Å².